The minimum Gasteiger partial charge on any atom is -0.258 e. The Kier molecular flexibility index (Phi) is 5.99. The van der Waals surface area contributed by atoms with Crippen LogP contribution < -0.4 is 20.5 Å². The topological polar surface area (TPSA) is 133 Å². The second-order valence-electron chi connectivity index (χ2n) is 3.97. The molecule has 9 nitrogen and oxygen atoms in total. The van der Waals surface area contributed by atoms with Crippen LogP contribution in [-0.2, 0) is 20.0 Å². The van der Waals surface area contributed by atoms with Crippen LogP contribution in [-0.4, -0.2) is 33.4 Å². The van der Waals surface area contributed by atoms with E-state index in [1.807, 2.05) is 0 Å². The van der Waals surface area contributed by atoms with Gasteiger partial charge in [0.1, 0.15) is 0 Å². The summed E-state index contributed by atoms with van der Waals surface area (Å²) >= 11 is 0. The van der Waals surface area contributed by atoms with E-state index in [0.717, 1.165) is 0 Å². The predicted octanol–water partition coefficient (Wildman–Crippen LogP) is -1.23. The molecule has 0 aromatic heterocycles. The summed E-state index contributed by atoms with van der Waals surface area (Å²) in [7, 11) is -7.33. The van der Waals surface area contributed by atoms with E-state index >= 15 is 0 Å². The highest BCUT2D eigenvalue weighted by atomic mass is 32.2. The van der Waals surface area contributed by atoms with Crippen LogP contribution in [0, 0.1) is 0 Å². The highest BCUT2D eigenvalue weighted by Crippen LogP contribution is 1.94. The van der Waals surface area contributed by atoms with Gasteiger partial charge in [-0.3, -0.25) is 10.9 Å². The third-order valence-corrected chi connectivity index (χ3v) is 5.11. The number of amides is 2. The van der Waals surface area contributed by atoms with Gasteiger partial charge in [0, 0.05) is 0 Å². The van der Waals surface area contributed by atoms with E-state index in [4.69, 9.17) is 0 Å². The van der Waals surface area contributed by atoms with E-state index in [1.165, 1.54) is 27.7 Å². The van der Waals surface area contributed by atoms with Crippen molar-refractivity contribution in [3.8, 4) is 0 Å². The summed E-state index contributed by atoms with van der Waals surface area (Å²) in [6.45, 7) is 5.68. The number of sulfonamides is 2. The van der Waals surface area contributed by atoms with Gasteiger partial charge < -0.3 is 0 Å². The minimum absolute atomic E-state index is 0.731. The molecule has 0 unspecified atom stereocenters. The lowest BCUT2D eigenvalue weighted by Gasteiger charge is -2.13. The Labute approximate surface area is 107 Å². The average Bonchev–Trinajstić information content (AvgIpc) is 2.23. The molecule has 0 saturated carbocycles. The van der Waals surface area contributed by atoms with Crippen LogP contribution in [0.2, 0.25) is 0 Å². The lowest BCUT2D eigenvalue weighted by Crippen LogP contribution is -2.54. The maximum absolute atomic E-state index is 11.3. The molecule has 2 amide bonds. The lowest BCUT2D eigenvalue weighted by molar-refractivity contribution is 0.237. The molecule has 0 aromatic rings. The van der Waals surface area contributed by atoms with Crippen molar-refractivity contribution in [2.24, 2.45) is 0 Å². The van der Waals surface area contributed by atoms with Crippen molar-refractivity contribution >= 4 is 26.1 Å². The first kappa shape index (κ1) is 17.1. The van der Waals surface area contributed by atoms with Crippen LogP contribution in [0.5, 0.6) is 0 Å². The van der Waals surface area contributed by atoms with Crippen molar-refractivity contribution in [3.63, 3.8) is 0 Å². The molecule has 0 heterocycles. The Morgan fingerprint density at radius 3 is 1.28 bits per heavy atom. The fourth-order valence-corrected chi connectivity index (χ4v) is 1.44. The van der Waals surface area contributed by atoms with Gasteiger partial charge in [0.15, 0.2) is 0 Å². The van der Waals surface area contributed by atoms with Gasteiger partial charge in [-0.05, 0) is 27.7 Å². The van der Waals surface area contributed by atoms with Crippen molar-refractivity contribution in [1.29, 1.82) is 0 Å². The summed E-state index contributed by atoms with van der Waals surface area (Å²) in [5, 5.41) is -1.46. The molecular formula is C7H18N4O5S2. The predicted molar refractivity (Wildman–Crippen MR) is 66.1 cm³/mol. The van der Waals surface area contributed by atoms with E-state index in [9.17, 15) is 21.6 Å². The standard InChI is InChI=1S/C7H18N4O5S2/c1-5(2)17(13,14)10-8-7(12)9-11-18(15,16)6(3)4/h5-6,10-11H,1-4H3,(H2,8,9,12). The average molecular weight is 302 g/mol. The van der Waals surface area contributed by atoms with Crippen LogP contribution in [0.3, 0.4) is 0 Å². The third kappa shape index (κ3) is 5.62. The summed E-state index contributed by atoms with van der Waals surface area (Å²) in [5.74, 6) is 0. The summed E-state index contributed by atoms with van der Waals surface area (Å²) in [6.07, 6.45) is 0. The number of hydrogen-bond acceptors (Lipinski definition) is 5. The van der Waals surface area contributed by atoms with Crippen molar-refractivity contribution in [2.75, 3.05) is 0 Å². The van der Waals surface area contributed by atoms with Crippen LogP contribution in [0.4, 0.5) is 4.79 Å². The van der Waals surface area contributed by atoms with Gasteiger partial charge >= 0.3 is 6.03 Å². The summed E-state index contributed by atoms with van der Waals surface area (Å²) in [5.41, 5.74) is 3.60. The molecular weight excluding hydrogens is 284 g/mol. The van der Waals surface area contributed by atoms with E-state index in [-0.39, 0.29) is 0 Å². The number of rotatable bonds is 6. The monoisotopic (exact) mass is 302 g/mol. The molecule has 0 fully saturated rings. The fourth-order valence-electron chi connectivity index (χ4n) is 0.502. The van der Waals surface area contributed by atoms with Crippen LogP contribution in [0.15, 0.2) is 0 Å². The molecule has 18 heavy (non-hydrogen) atoms. The second-order valence-corrected chi connectivity index (χ2v) is 8.44. The Hall–Kier alpha value is -0.910. The molecule has 108 valence electrons. The molecule has 0 atom stereocenters. The van der Waals surface area contributed by atoms with E-state index in [2.05, 4.69) is 0 Å². The molecule has 0 aromatic carbocycles. The van der Waals surface area contributed by atoms with Crippen LogP contribution in [0.1, 0.15) is 27.7 Å². The van der Waals surface area contributed by atoms with Gasteiger partial charge in [-0.25, -0.2) is 21.6 Å². The molecule has 0 radical (unpaired) electrons. The maximum Gasteiger partial charge on any atom is 0.345 e. The molecule has 0 aliphatic heterocycles. The number of nitrogens with one attached hydrogen (secondary N) is 4. The molecule has 0 saturated heterocycles. The highest BCUT2D eigenvalue weighted by Gasteiger charge is 2.18. The van der Waals surface area contributed by atoms with Gasteiger partial charge in [0.2, 0.25) is 20.0 Å². The maximum atomic E-state index is 11.3. The Balaban J connectivity index is 4.25. The second kappa shape index (κ2) is 6.31. The van der Waals surface area contributed by atoms with Crippen molar-refractivity contribution < 1.29 is 21.6 Å². The van der Waals surface area contributed by atoms with Crippen LogP contribution >= 0.6 is 0 Å². The Bertz CT molecular complexity index is 438. The van der Waals surface area contributed by atoms with E-state index in [1.54, 1.807) is 20.5 Å². The van der Waals surface area contributed by atoms with Crippen LogP contribution in [0.25, 0.3) is 0 Å². The van der Waals surface area contributed by atoms with E-state index < -0.39 is 36.6 Å². The first-order valence-electron chi connectivity index (χ1n) is 5.06. The minimum atomic E-state index is -3.66. The molecule has 0 aliphatic carbocycles. The first-order valence-corrected chi connectivity index (χ1v) is 8.15. The van der Waals surface area contributed by atoms with Crippen molar-refractivity contribution in [1.82, 2.24) is 20.5 Å². The smallest absolute Gasteiger partial charge is 0.258 e. The zero-order chi connectivity index (χ0) is 14.6. The van der Waals surface area contributed by atoms with Crippen molar-refractivity contribution in [3.05, 3.63) is 0 Å². The van der Waals surface area contributed by atoms with Gasteiger partial charge in [0.25, 0.3) is 0 Å². The molecule has 4 N–H and O–H groups in total. The van der Waals surface area contributed by atoms with Crippen molar-refractivity contribution in [2.45, 2.75) is 38.2 Å². The molecule has 0 rings (SSSR count). The van der Waals surface area contributed by atoms with E-state index in [0.29, 0.717) is 0 Å². The molecule has 11 heteroatoms. The zero-order valence-corrected chi connectivity index (χ0v) is 12.1. The molecule has 0 aliphatic rings. The van der Waals surface area contributed by atoms with Gasteiger partial charge in [0.05, 0.1) is 10.5 Å². The third-order valence-electron chi connectivity index (χ3n) is 1.85. The highest BCUT2D eigenvalue weighted by molar-refractivity contribution is 7.90. The largest absolute Gasteiger partial charge is 0.345 e. The number of hydrogen-bond donors (Lipinski definition) is 4. The summed E-state index contributed by atoms with van der Waals surface area (Å²) in [6, 6.07) is -1.04. The van der Waals surface area contributed by atoms with Gasteiger partial charge in [-0.2, -0.15) is 0 Å². The number of carbonyl (C=O) groups is 1. The normalized spacial score (nSPS) is 12.8. The number of carbonyl (C=O) groups excluding carboxylic acids is 1. The number of hydrazine groups is 2. The van der Waals surface area contributed by atoms with Gasteiger partial charge in [-0.15, -0.1) is 9.66 Å². The molecule has 0 bridgehead atoms. The quantitative estimate of drug-likeness (QED) is 0.456. The van der Waals surface area contributed by atoms with Gasteiger partial charge in [-0.1, -0.05) is 0 Å². The zero-order valence-electron chi connectivity index (χ0n) is 10.5. The number of urea groups is 1. The molecule has 0 spiro atoms. The Morgan fingerprint density at radius 1 is 0.778 bits per heavy atom. The summed E-state index contributed by atoms with van der Waals surface area (Å²) < 4.78 is 45.0. The lowest BCUT2D eigenvalue weighted by atomic mass is 10.6. The SMILES string of the molecule is CC(C)S(=O)(=O)NNC(=O)NNS(=O)(=O)C(C)C. The Morgan fingerprint density at radius 2 is 1.06 bits per heavy atom. The fraction of sp³-hybridized carbons (Fsp3) is 0.857. The summed E-state index contributed by atoms with van der Waals surface area (Å²) in [4.78, 5) is 14.7. The first-order chi connectivity index (χ1) is 7.99.